The number of nitrogens with two attached hydrogens (primary N) is 1. The van der Waals surface area contributed by atoms with E-state index >= 15 is 0 Å². The van der Waals surface area contributed by atoms with Gasteiger partial charge in [-0.2, -0.15) is 0 Å². The smallest absolute Gasteiger partial charge is 0.247 e. The van der Waals surface area contributed by atoms with Crippen LogP contribution in [0.4, 0.5) is 5.69 Å². The van der Waals surface area contributed by atoms with Crippen LogP contribution in [0.3, 0.4) is 0 Å². The van der Waals surface area contributed by atoms with E-state index in [1.165, 1.54) is 11.1 Å². The van der Waals surface area contributed by atoms with Crippen molar-refractivity contribution in [2.45, 2.75) is 25.9 Å². The molecule has 2 N–H and O–H groups in total. The van der Waals surface area contributed by atoms with Gasteiger partial charge in [0.1, 0.15) is 6.04 Å². The molecule has 0 radical (unpaired) electrons. The van der Waals surface area contributed by atoms with E-state index in [0.717, 1.165) is 15.7 Å². The lowest BCUT2D eigenvalue weighted by atomic mass is 9.88. The van der Waals surface area contributed by atoms with E-state index in [9.17, 15) is 4.79 Å². The van der Waals surface area contributed by atoms with Gasteiger partial charge in [0.2, 0.25) is 5.91 Å². The van der Waals surface area contributed by atoms with Crippen LogP contribution in [-0.2, 0) is 4.79 Å². The molecule has 0 saturated carbocycles. The number of halogens is 1. The number of nitrogens with zero attached hydrogens (tertiary/aromatic N) is 1. The molecular formula is C17H17BrN2O. The fourth-order valence-corrected chi connectivity index (χ4v) is 2.96. The third-order valence-corrected chi connectivity index (χ3v) is 4.65. The van der Waals surface area contributed by atoms with Gasteiger partial charge in [-0.05, 0) is 54.8 Å². The van der Waals surface area contributed by atoms with Crippen LogP contribution < -0.4 is 10.6 Å². The first kappa shape index (κ1) is 14.3. The Kier molecular flexibility index (Phi) is 3.59. The average molecular weight is 345 g/mol. The van der Waals surface area contributed by atoms with Crippen molar-refractivity contribution in [1.29, 1.82) is 0 Å². The molecule has 1 aliphatic heterocycles. The SMILES string of the molecule is Cc1ccc(N2C(=O)[C@@H](N)[C@H]2c2ccc(Br)cc2)cc1C. The van der Waals surface area contributed by atoms with E-state index in [4.69, 9.17) is 5.73 Å². The fraction of sp³-hybridized carbons (Fsp3) is 0.235. The Bertz CT molecular complexity index is 696. The number of carbonyl (C=O) groups excluding carboxylic acids is 1. The highest BCUT2D eigenvalue weighted by atomic mass is 79.9. The Hall–Kier alpha value is -1.65. The Morgan fingerprint density at radius 3 is 2.33 bits per heavy atom. The normalized spacial score (nSPS) is 21.3. The summed E-state index contributed by atoms with van der Waals surface area (Å²) < 4.78 is 1.02. The molecule has 0 aromatic heterocycles. The van der Waals surface area contributed by atoms with Crippen molar-refractivity contribution in [3.63, 3.8) is 0 Å². The number of hydrogen-bond acceptors (Lipinski definition) is 2. The fourth-order valence-electron chi connectivity index (χ4n) is 2.69. The molecule has 1 fully saturated rings. The first-order valence-electron chi connectivity index (χ1n) is 6.90. The minimum Gasteiger partial charge on any atom is -0.318 e. The average Bonchev–Trinajstić information content (AvgIpc) is 2.48. The number of β-lactam (4-membered cyclic amide) rings is 1. The molecule has 1 heterocycles. The molecule has 2 aromatic rings. The van der Waals surface area contributed by atoms with Crippen LogP contribution in [0.15, 0.2) is 46.9 Å². The zero-order valence-electron chi connectivity index (χ0n) is 12.0. The van der Waals surface area contributed by atoms with Gasteiger partial charge >= 0.3 is 0 Å². The molecule has 0 spiro atoms. The standard InChI is InChI=1S/C17H17BrN2O/c1-10-3-8-14(9-11(10)2)20-16(15(19)17(20)21)12-4-6-13(18)7-5-12/h3-9,15-16H,19H2,1-2H3/t15-,16+/m0/s1. The summed E-state index contributed by atoms with van der Waals surface area (Å²) in [7, 11) is 0. The van der Waals surface area contributed by atoms with Crippen LogP contribution in [0.1, 0.15) is 22.7 Å². The van der Waals surface area contributed by atoms with Gasteiger partial charge in [-0.3, -0.25) is 4.79 Å². The maximum absolute atomic E-state index is 12.2. The Labute approximate surface area is 132 Å². The second kappa shape index (κ2) is 5.28. The van der Waals surface area contributed by atoms with Crippen molar-refractivity contribution in [1.82, 2.24) is 0 Å². The van der Waals surface area contributed by atoms with Gasteiger partial charge in [-0.15, -0.1) is 0 Å². The van der Waals surface area contributed by atoms with Gasteiger partial charge in [0.05, 0.1) is 6.04 Å². The number of amides is 1. The summed E-state index contributed by atoms with van der Waals surface area (Å²) >= 11 is 3.43. The summed E-state index contributed by atoms with van der Waals surface area (Å²) in [6, 6.07) is 13.5. The molecule has 108 valence electrons. The summed E-state index contributed by atoms with van der Waals surface area (Å²) in [5.41, 5.74) is 10.4. The predicted molar refractivity (Wildman–Crippen MR) is 88.3 cm³/mol. The maximum atomic E-state index is 12.2. The molecule has 1 aliphatic rings. The van der Waals surface area contributed by atoms with Crippen molar-refractivity contribution in [2.75, 3.05) is 4.90 Å². The molecule has 0 aliphatic carbocycles. The first-order valence-corrected chi connectivity index (χ1v) is 7.69. The zero-order chi connectivity index (χ0) is 15.1. The van der Waals surface area contributed by atoms with E-state index < -0.39 is 6.04 Å². The molecule has 3 nitrogen and oxygen atoms in total. The van der Waals surface area contributed by atoms with E-state index in [0.29, 0.717) is 0 Å². The Morgan fingerprint density at radius 1 is 1.05 bits per heavy atom. The number of anilines is 1. The maximum Gasteiger partial charge on any atom is 0.247 e. The van der Waals surface area contributed by atoms with Crippen molar-refractivity contribution < 1.29 is 4.79 Å². The molecule has 21 heavy (non-hydrogen) atoms. The van der Waals surface area contributed by atoms with Crippen molar-refractivity contribution in [3.8, 4) is 0 Å². The molecule has 1 amide bonds. The van der Waals surface area contributed by atoms with Crippen LogP contribution in [0.5, 0.6) is 0 Å². The quantitative estimate of drug-likeness (QED) is 0.847. The lowest BCUT2D eigenvalue weighted by Crippen LogP contribution is -2.63. The number of hydrogen-bond donors (Lipinski definition) is 1. The van der Waals surface area contributed by atoms with Crippen molar-refractivity contribution in [2.24, 2.45) is 5.73 Å². The van der Waals surface area contributed by atoms with Gasteiger partial charge in [0.15, 0.2) is 0 Å². The van der Waals surface area contributed by atoms with Crippen LogP contribution in [0.25, 0.3) is 0 Å². The first-order chi connectivity index (χ1) is 9.99. The Balaban J connectivity index is 1.98. The van der Waals surface area contributed by atoms with Crippen LogP contribution in [0, 0.1) is 13.8 Å². The predicted octanol–water partition coefficient (Wildman–Crippen LogP) is 3.48. The number of carbonyl (C=O) groups is 1. The summed E-state index contributed by atoms with van der Waals surface area (Å²) in [4.78, 5) is 14.0. The van der Waals surface area contributed by atoms with Gasteiger partial charge in [0.25, 0.3) is 0 Å². The summed E-state index contributed by atoms with van der Waals surface area (Å²) in [6.45, 7) is 4.12. The second-order valence-corrected chi connectivity index (χ2v) is 6.41. The van der Waals surface area contributed by atoms with E-state index in [1.54, 1.807) is 4.90 Å². The zero-order valence-corrected chi connectivity index (χ0v) is 13.6. The lowest BCUT2D eigenvalue weighted by molar-refractivity contribution is -0.126. The van der Waals surface area contributed by atoms with Crippen molar-refractivity contribution in [3.05, 3.63) is 63.6 Å². The van der Waals surface area contributed by atoms with Gasteiger partial charge < -0.3 is 10.6 Å². The molecule has 0 unspecified atom stereocenters. The van der Waals surface area contributed by atoms with Crippen LogP contribution >= 0.6 is 15.9 Å². The molecule has 1 saturated heterocycles. The molecule has 2 aromatic carbocycles. The van der Waals surface area contributed by atoms with E-state index in [-0.39, 0.29) is 11.9 Å². The number of aryl methyl sites for hydroxylation is 2. The van der Waals surface area contributed by atoms with Crippen LogP contribution in [0.2, 0.25) is 0 Å². The van der Waals surface area contributed by atoms with Gasteiger partial charge in [-0.1, -0.05) is 34.1 Å². The number of benzene rings is 2. The highest BCUT2D eigenvalue weighted by Crippen LogP contribution is 2.38. The molecular weight excluding hydrogens is 328 g/mol. The van der Waals surface area contributed by atoms with Gasteiger partial charge in [0, 0.05) is 10.2 Å². The molecule has 4 heteroatoms. The summed E-state index contributed by atoms with van der Waals surface area (Å²) in [5.74, 6) is -0.0221. The minimum absolute atomic E-state index is 0.0221. The second-order valence-electron chi connectivity index (χ2n) is 5.50. The topological polar surface area (TPSA) is 46.3 Å². The molecule has 3 rings (SSSR count). The highest BCUT2D eigenvalue weighted by Gasteiger charge is 2.46. The largest absolute Gasteiger partial charge is 0.318 e. The monoisotopic (exact) mass is 344 g/mol. The number of rotatable bonds is 2. The summed E-state index contributed by atoms with van der Waals surface area (Å²) in [6.07, 6.45) is 0. The highest BCUT2D eigenvalue weighted by molar-refractivity contribution is 9.10. The van der Waals surface area contributed by atoms with Crippen LogP contribution in [-0.4, -0.2) is 11.9 Å². The van der Waals surface area contributed by atoms with E-state index in [2.05, 4.69) is 29.8 Å². The minimum atomic E-state index is -0.465. The third-order valence-electron chi connectivity index (χ3n) is 4.12. The Morgan fingerprint density at radius 2 is 1.71 bits per heavy atom. The lowest BCUT2D eigenvalue weighted by Gasteiger charge is -2.45. The third kappa shape index (κ3) is 2.39. The van der Waals surface area contributed by atoms with Gasteiger partial charge in [-0.25, -0.2) is 0 Å². The molecule has 0 bridgehead atoms. The summed E-state index contributed by atoms with van der Waals surface area (Å²) in [5, 5.41) is 0. The van der Waals surface area contributed by atoms with E-state index in [1.807, 2.05) is 42.5 Å². The molecule has 2 atom stereocenters. The van der Waals surface area contributed by atoms with Crippen molar-refractivity contribution >= 4 is 27.5 Å².